The first-order valence-electron chi connectivity index (χ1n) is 8.57. The molecule has 0 spiro atoms. The molecule has 0 saturated heterocycles. The molecule has 27 heavy (non-hydrogen) atoms. The standard InChI is InChI=1S/C20H23F3N2O2/c1-25(2)11-4-12-27-18-9-7-17(8-10-18)24-19(26)14-15-5-3-6-16(13-15)20(21,22)23/h3,5-10,13H,4,11-12,14H2,1-2H3,(H,24,26). The van der Waals surface area contributed by atoms with Crippen LogP contribution in [0.25, 0.3) is 0 Å². The van der Waals surface area contributed by atoms with Gasteiger partial charge >= 0.3 is 6.18 Å². The maximum atomic E-state index is 12.7. The summed E-state index contributed by atoms with van der Waals surface area (Å²) in [5.74, 6) is 0.318. The van der Waals surface area contributed by atoms with Crippen LogP contribution in [0.1, 0.15) is 17.5 Å². The van der Waals surface area contributed by atoms with Crippen LogP contribution in [0.15, 0.2) is 48.5 Å². The Balaban J connectivity index is 1.85. The molecule has 1 N–H and O–H groups in total. The van der Waals surface area contributed by atoms with Crippen molar-refractivity contribution >= 4 is 11.6 Å². The molecule has 2 aromatic rings. The SMILES string of the molecule is CN(C)CCCOc1ccc(NC(=O)Cc2cccc(C(F)(F)F)c2)cc1. The third-order valence-corrected chi connectivity index (χ3v) is 3.78. The number of nitrogens with zero attached hydrogens (tertiary/aromatic N) is 1. The Bertz CT molecular complexity index is 744. The second-order valence-electron chi connectivity index (χ2n) is 6.45. The summed E-state index contributed by atoms with van der Waals surface area (Å²) in [4.78, 5) is 14.2. The largest absolute Gasteiger partial charge is 0.494 e. The van der Waals surface area contributed by atoms with E-state index in [0.717, 1.165) is 25.1 Å². The highest BCUT2D eigenvalue weighted by Crippen LogP contribution is 2.29. The molecule has 7 heteroatoms. The lowest BCUT2D eigenvalue weighted by atomic mass is 10.1. The highest BCUT2D eigenvalue weighted by Gasteiger charge is 2.30. The number of amides is 1. The summed E-state index contributed by atoms with van der Waals surface area (Å²) in [6, 6.07) is 11.7. The molecule has 0 atom stereocenters. The quantitative estimate of drug-likeness (QED) is 0.698. The van der Waals surface area contributed by atoms with E-state index in [1.54, 1.807) is 24.3 Å². The summed E-state index contributed by atoms with van der Waals surface area (Å²) < 4.78 is 43.8. The van der Waals surface area contributed by atoms with Crippen LogP contribution in [0.5, 0.6) is 5.75 Å². The van der Waals surface area contributed by atoms with Gasteiger partial charge in [-0.3, -0.25) is 4.79 Å². The Morgan fingerprint density at radius 1 is 1.11 bits per heavy atom. The monoisotopic (exact) mass is 380 g/mol. The summed E-state index contributed by atoms with van der Waals surface area (Å²) in [6.07, 6.45) is -3.65. The van der Waals surface area contributed by atoms with Crippen LogP contribution in [-0.4, -0.2) is 38.1 Å². The van der Waals surface area contributed by atoms with Gasteiger partial charge in [0.05, 0.1) is 18.6 Å². The molecule has 2 rings (SSSR count). The predicted molar refractivity (Wildman–Crippen MR) is 98.9 cm³/mol. The molecule has 0 bridgehead atoms. The normalized spacial score (nSPS) is 11.5. The van der Waals surface area contributed by atoms with Crippen molar-refractivity contribution in [2.45, 2.75) is 19.0 Å². The Hall–Kier alpha value is -2.54. The molecule has 0 aliphatic heterocycles. The van der Waals surface area contributed by atoms with Gasteiger partial charge in [0.1, 0.15) is 5.75 Å². The number of carbonyl (C=O) groups excluding carboxylic acids is 1. The number of carbonyl (C=O) groups is 1. The number of ether oxygens (including phenoxy) is 1. The smallest absolute Gasteiger partial charge is 0.416 e. The van der Waals surface area contributed by atoms with Gasteiger partial charge in [0.25, 0.3) is 0 Å². The molecular weight excluding hydrogens is 357 g/mol. The zero-order chi connectivity index (χ0) is 19.9. The molecule has 2 aromatic carbocycles. The fourth-order valence-electron chi connectivity index (χ4n) is 2.45. The van der Waals surface area contributed by atoms with Crippen molar-refractivity contribution in [1.29, 1.82) is 0 Å². The van der Waals surface area contributed by atoms with Crippen molar-refractivity contribution < 1.29 is 22.7 Å². The fraction of sp³-hybridized carbons (Fsp3) is 0.350. The second-order valence-corrected chi connectivity index (χ2v) is 6.45. The van der Waals surface area contributed by atoms with Gasteiger partial charge in [0.15, 0.2) is 0 Å². The van der Waals surface area contributed by atoms with E-state index >= 15 is 0 Å². The van der Waals surface area contributed by atoms with Crippen LogP contribution in [-0.2, 0) is 17.4 Å². The van der Waals surface area contributed by atoms with Gasteiger partial charge in [-0.1, -0.05) is 18.2 Å². The van der Waals surface area contributed by atoms with E-state index < -0.39 is 11.7 Å². The first-order valence-corrected chi connectivity index (χ1v) is 8.57. The minimum atomic E-state index is -4.42. The number of hydrogen-bond donors (Lipinski definition) is 1. The fourth-order valence-corrected chi connectivity index (χ4v) is 2.45. The molecular formula is C20H23F3N2O2. The van der Waals surface area contributed by atoms with Gasteiger partial charge in [0.2, 0.25) is 5.91 Å². The molecule has 0 aromatic heterocycles. The van der Waals surface area contributed by atoms with E-state index in [1.165, 1.54) is 12.1 Å². The van der Waals surface area contributed by atoms with E-state index in [1.807, 2.05) is 14.1 Å². The third-order valence-electron chi connectivity index (χ3n) is 3.78. The second kappa shape index (κ2) is 9.41. The van der Waals surface area contributed by atoms with Gasteiger partial charge in [-0.15, -0.1) is 0 Å². The minimum Gasteiger partial charge on any atom is -0.494 e. The summed E-state index contributed by atoms with van der Waals surface area (Å²) >= 11 is 0. The van der Waals surface area contributed by atoms with E-state index in [2.05, 4.69) is 10.2 Å². The highest BCUT2D eigenvalue weighted by atomic mass is 19.4. The number of hydrogen-bond acceptors (Lipinski definition) is 3. The van der Waals surface area contributed by atoms with Gasteiger partial charge in [-0.05, 0) is 56.4 Å². The van der Waals surface area contributed by atoms with Crippen molar-refractivity contribution in [2.75, 3.05) is 32.6 Å². The van der Waals surface area contributed by atoms with E-state index in [0.29, 0.717) is 23.6 Å². The van der Waals surface area contributed by atoms with Gasteiger partial charge in [0, 0.05) is 12.2 Å². The van der Waals surface area contributed by atoms with E-state index in [4.69, 9.17) is 4.74 Å². The van der Waals surface area contributed by atoms with Crippen LogP contribution in [0, 0.1) is 0 Å². The molecule has 0 fully saturated rings. The summed E-state index contributed by atoms with van der Waals surface area (Å²) in [5.41, 5.74) is 0.111. The lowest BCUT2D eigenvalue weighted by molar-refractivity contribution is -0.137. The zero-order valence-electron chi connectivity index (χ0n) is 15.3. The Kier molecular flexibility index (Phi) is 7.24. The van der Waals surface area contributed by atoms with Crippen LogP contribution < -0.4 is 10.1 Å². The van der Waals surface area contributed by atoms with Crippen molar-refractivity contribution in [2.24, 2.45) is 0 Å². The van der Waals surface area contributed by atoms with Crippen LogP contribution in [0.2, 0.25) is 0 Å². The van der Waals surface area contributed by atoms with Crippen molar-refractivity contribution in [3.63, 3.8) is 0 Å². The lowest BCUT2D eigenvalue weighted by Crippen LogP contribution is -2.16. The van der Waals surface area contributed by atoms with Gasteiger partial charge in [-0.25, -0.2) is 0 Å². The maximum absolute atomic E-state index is 12.7. The molecule has 0 saturated carbocycles. The topological polar surface area (TPSA) is 41.6 Å². The summed E-state index contributed by atoms with van der Waals surface area (Å²) in [5, 5.41) is 2.68. The van der Waals surface area contributed by atoms with Crippen LogP contribution >= 0.6 is 0 Å². The number of rotatable bonds is 8. The number of halogens is 3. The van der Waals surface area contributed by atoms with Crippen molar-refractivity contribution in [3.8, 4) is 5.75 Å². The molecule has 0 aliphatic carbocycles. The maximum Gasteiger partial charge on any atom is 0.416 e. The zero-order valence-corrected chi connectivity index (χ0v) is 15.3. The minimum absolute atomic E-state index is 0.132. The number of nitrogens with one attached hydrogen (secondary N) is 1. The first kappa shape index (κ1) is 20.8. The summed E-state index contributed by atoms with van der Waals surface area (Å²) in [7, 11) is 3.99. The predicted octanol–water partition coefficient (Wildman–Crippen LogP) is 4.22. The van der Waals surface area contributed by atoms with Crippen molar-refractivity contribution in [3.05, 3.63) is 59.7 Å². The average molecular weight is 380 g/mol. The first-order chi connectivity index (χ1) is 12.7. The lowest BCUT2D eigenvalue weighted by Gasteiger charge is -2.11. The van der Waals surface area contributed by atoms with E-state index in [-0.39, 0.29) is 12.3 Å². The van der Waals surface area contributed by atoms with E-state index in [9.17, 15) is 18.0 Å². The van der Waals surface area contributed by atoms with Crippen LogP contribution in [0.4, 0.5) is 18.9 Å². The number of benzene rings is 2. The molecule has 146 valence electrons. The Labute approximate surface area is 156 Å². The van der Waals surface area contributed by atoms with Gasteiger partial charge in [-0.2, -0.15) is 13.2 Å². The Morgan fingerprint density at radius 3 is 2.44 bits per heavy atom. The van der Waals surface area contributed by atoms with Crippen molar-refractivity contribution in [1.82, 2.24) is 4.90 Å². The molecule has 0 radical (unpaired) electrons. The van der Waals surface area contributed by atoms with Crippen LogP contribution in [0.3, 0.4) is 0 Å². The molecule has 1 amide bonds. The molecule has 0 heterocycles. The third kappa shape index (κ3) is 7.30. The number of alkyl halides is 3. The summed E-state index contributed by atoms with van der Waals surface area (Å²) in [6.45, 7) is 1.53. The number of anilines is 1. The molecule has 4 nitrogen and oxygen atoms in total. The Morgan fingerprint density at radius 2 is 1.81 bits per heavy atom. The van der Waals surface area contributed by atoms with Gasteiger partial charge < -0.3 is 15.0 Å². The highest BCUT2D eigenvalue weighted by molar-refractivity contribution is 5.92. The average Bonchev–Trinajstić information content (AvgIpc) is 2.59. The molecule has 0 unspecified atom stereocenters. The molecule has 0 aliphatic rings.